The zero-order chi connectivity index (χ0) is 13.6. The largest absolute Gasteiger partial charge is 0.394 e. The van der Waals surface area contributed by atoms with Crippen LogP contribution in [-0.4, -0.2) is 47.3 Å². The van der Waals surface area contributed by atoms with Gasteiger partial charge >= 0.3 is 0 Å². The molecule has 0 radical (unpaired) electrons. The van der Waals surface area contributed by atoms with Gasteiger partial charge in [-0.2, -0.15) is 0 Å². The Balaban J connectivity index is 3.28. The second kappa shape index (κ2) is 13.3. The van der Waals surface area contributed by atoms with E-state index in [9.17, 15) is 5.11 Å². The summed E-state index contributed by atoms with van der Waals surface area (Å²) in [6.07, 6.45) is 8.21. The fourth-order valence-electron chi connectivity index (χ4n) is 1.87. The lowest BCUT2D eigenvalue weighted by Crippen LogP contribution is -2.35. The molecule has 2 atom stereocenters. The third kappa shape index (κ3) is 9.83. The Morgan fingerprint density at radius 3 is 1.89 bits per heavy atom. The van der Waals surface area contributed by atoms with Crippen LogP contribution in [0.2, 0.25) is 0 Å². The summed E-state index contributed by atoms with van der Waals surface area (Å²) in [5.41, 5.74) is 0. The van der Waals surface area contributed by atoms with Gasteiger partial charge in [0.05, 0.1) is 13.2 Å². The second-order valence-corrected chi connectivity index (χ2v) is 4.82. The van der Waals surface area contributed by atoms with Gasteiger partial charge in [0.15, 0.2) is 0 Å². The number of ether oxygens (including phenoxy) is 1. The standard InChI is InChI=1S/C14H30O4/c1-2-3-4-5-6-7-8-9-10-18-14(12-16)13(17)11-15/h13-17H,2-12H2,1H3/t13-,14-/m1/s1. The van der Waals surface area contributed by atoms with Crippen molar-refractivity contribution >= 4 is 0 Å². The Labute approximate surface area is 111 Å². The summed E-state index contributed by atoms with van der Waals surface area (Å²) < 4.78 is 5.33. The molecule has 0 amide bonds. The molecule has 18 heavy (non-hydrogen) atoms. The maximum absolute atomic E-state index is 9.31. The summed E-state index contributed by atoms with van der Waals surface area (Å²) in [7, 11) is 0. The molecule has 4 nitrogen and oxygen atoms in total. The van der Waals surface area contributed by atoms with Gasteiger partial charge in [-0.1, -0.05) is 51.9 Å². The highest BCUT2D eigenvalue weighted by atomic mass is 16.5. The minimum absolute atomic E-state index is 0.251. The van der Waals surface area contributed by atoms with E-state index in [2.05, 4.69) is 6.92 Å². The van der Waals surface area contributed by atoms with Crippen molar-refractivity contribution in [2.24, 2.45) is 0 Å². The average molecular weight is 262 g/mol. The van der Waals surface area contributed by atoms with Crippen molar-refractivity contribution in [2.45, 2.75) is 70.5 Å². The topological polar surface area (TPSA) is 69.9 Å². The number of hydrogen-bond acceptors (Lipinski definition) is 4. The van der Waals surface area contributed by atoms with Gasteiger partial charge in [-0.05, 0) is 6.42 Å². The smallest absolute Gasteiger partial charge is 0.109 e. The second-order valence-electron chi connectivity index (χ2n) is 4.82. The van der Waals surface area contributed by atoms with E-state index in [-0.39, 0.29) is 13.2 Å². The predicted molar refractivity (Wildman–Crippen MR) is 72.5 cm³/mol. The van der Waals surface area contributed by atoms with Crippen molar-refractivity contribution < 1.29 is 20.1 Å². The summed E-state index contributed by atoms with van der Waals surface area (Å²) in [5, 5.41) is 27.0. The summed E-state index contributed by atoms with van der Waals surface area (Å²) in [5.74, 6) is 0. The molecule has 0 saturated heterocycles. The van der Waals surface area contributed by atoms with Crippen LogP contribution in [0.3, 0.4) is 0 Å². The lowest BCUT2D eigenvalue weighted by atomic mass is 10.1. The lowest BCUT2D eigenvalue weighted by Gasteiger charge is -2.19. The number of unbranched alkanes of at least 4 members (excludes halogenated alkanes) is 7. The van der Waals surface area contributed by atoms with Gasteiger partial charge in [0.2, 0.25) is 0 Å². The first kappa shape index (κ1) is 17.8. The first-order valence-corrected chi connectivity index (χ1v) is 7.27. The van der Waals surface area contributed by atoms with Gasteiger partial charge in [0.1, 0.15) is 12.2 Å². The SMILES string of the molecule is CCCCCCCCCCO[C@H](CO)[C@H](O)CO. The van der Waals surface area contributed by atoms with Crippen molar-refractivity contribution in [3.63, 3.8) is 0 Å². The first-order valence-electron chi connectivity index (χ1n) is 7.27. The molecule has 0 aliphatic rings. The van der Waals surface area contributed by atoms with Crippen molar-refractivity contribution in [1.29, 1.82) is 0 Å². The predicted octanol–water partition coefficient (Wildman–Crippen LogP) is 1.86. The molecule has 0 saturated carbocycles. The number of aliphatic hydroxyl groups is 3. The maximum Gasteiger partial charge on any atom is 0.109 e. The van der Waals surface area contributed by atoms with Crippen LogP contribution >= 0.6 is 0 Å². The molecule has 0 aromatic rings. The molecule has 0 spiro atoms. The molecular weight excluding hydrogens is 232 g/mol. The van der Waals surface area contributed by atoms with Crippen LogP contribution in [0.25, 0.3) is 0 Å². The van der Waals surface area contributed by atoms with Crippen LogP contribution < -0.4 is 0 Å². The van der Waals surface area contributed by atoms with E-state index in [1.807, 2.05) is 0 Å². The molecule has 3 N–H and O–H groups in total. The Bertz CT molecular complexity index is 164. The molecule has 0 unspecified atom stereocenters. The minimum Gasteiger partial charge on any atom is -0.394 e. The zero-order valence-electron chi connectivity index (χ0n) is 11.7. The van der Waals surface area contributed by atoms with Crippen LogP contribution in [-0.2, 0) is 4.74 Å². The van der Waals surface area contributed by atoms with E-state index in [1.54, 1.807) is 0 Å². The molecule has 0 heterocycles. The van der Waals surface area contributed by atoms with E-state index in [0.29, 0.717) is 6.61 Å². The quantitative estimate of drug-likeness (QED) is 0.443. The maximum atomic E-state index is 9.31. The summed E-state index contributed by atoms with van der Waals surface area (Å²) in [4.78, 5) is 0. The van der Waals surface area contributed by atoms with Crippen LogP contribution in [0, 0.1) is 0 Å². The van der Waals surface area contributed by atoms with Crippen LogP contribution in [0.5, 0.6) is 0 Å². The fourth-order valence-corrected chi connectivity index (χ4v) is 1.87. The van der Waals surface area contributed by atoms with Crippen LogP contribution in [0.4, 0.5) is 0 Å². The molecule has 0 aromatic carbocycles. The summed E-state index contributed by atoms with van der Waals surface area (Å²) in [6.45, 7) is 2.13. The lowest BCUT2D eigenvalue weighted by molar-refractivity contribution is -0.0802. The van der Waals surface area contributed by atoms with E-state index in [4.69, 9.17) is 14.9 Å². The van der Waals surface area contributed by atoms with Crippen molar-refractivity contribution in [1.82, 2.24) is 0 Å². The van der Waals surface area contributed by atoms with Crippen molar-refractivity contribution in [3.8, 4) is 0 Å². The summed E-state index contributed by atoms with van der Waals surface area (Å²) in [6, 6.07) is 0. The van der Waals surface area contributed by atoms with Crippen LogP contribution in [0.15, 0.2) is 0 Å². The van der Waals surface area contributed by atoms with E-state index in [1.165, 1.54) is 38.5 Å². The van der Waals surface area contributed by atoms with Gasteiger partial charge in [0, 0.05) is 6.61 Å². The molecule has 4 heteroatoms. The van der Waals surface area contributed by atoms with Gasteiger partial charge in [0.25, 0.3) is 0 Å². The van der Waals surface area contributed by atoms with Gasteiger partial charge in [-0.15, -0.1) is 0 Å². The van der Waals surface area contributed by atoms with E-state index < -0.39 is 12.2 Å². The Morgan fingerprint density at radius 2 is 1.39 bits per heavy atom. The number of rotatable bonds is 13. The highest BCUT2D eigenvalue weighted by Crippen LogP contribution is 2.09. The Hall–Kier alpha value is -0.160. The first-order chi connectivity index (χ1) is 8.76. The average Bonchev–Trinajstić information content (AvgIpc) is 2.40. The Kier molecular flexibility index (Phi) is 13.2. The van der Waals surface area contributed by atoms with Crippen molar-refractivity contribution in [3.05, 3.63) is 0 Å². The monoisotopic (exact) mass is 262 g/mol. The number of aliphatic hydroxyl groups excluding tert-OH is 3. The highest BCUT2D eigenvalue weighted by Gasteiger charge is 2.17. The molecule has 0 bridgehead atoms. The fraction of sp³-hybridized carbons (Fsp3) is 1.00. The zero-order valence-corrected chi connectivity index (χ0v) is 11.7. The molecule has 0 aromatic heterocycles. The van der Waals surface area contributed by atoms with Crippen LogP contribution in [0.1, 0.15) is 58.3 Å². The number of hydrogen-bond donors (Lipinski definition) is 3. The highest BCUT2D eigenvalue weighted by molar-refractivity contribution is 4.66. The van der Waals surface area contributed by atoms with Gasteiger partial charge in [-0.25, -0.2) is 0 Å². The molecule has 0 rings (SSSR count). The Morgan fingerprint density at radius 1 is 0.833 bits per heavy atom. The normalized spacial score (nSPS) is 14.7. The molecular formula is C14H30O4. The summed E-state index contributed by atoms with van der Waals surface area (Å²) >= 11 is 0. The van der Waals surface area contributed by atoms with E-state index >= 15 is 0 Å². The van der Waals surface area contributed by atoms with Crippen molar-refractivity contribution in [2.75, 3.05) is 19.8 Å². The molecule has 110 valence electrons. The van der Waals surface area contributed by atoms with Gasteiger partial charge < -0.3 is 20.1 Å². The van der Waals surface area contributed by atoms with Gasteiger partial charge in [-0.3, -0.25) is 0 Å². The minimum atomic E-state index is -0.982. The molecule has 0 aliphatic heterocycles. The van der Waals surface area contributed by atoms with E-state index in [0.717, 1.165) is 12.8 Å². The molecule has 0 fully saturated rings. The third-order valence-corrected chi connectivity index (χ3v) is 3.13. The third-order valence-electron chi connectivity index (χ3n) is 3.13. The molecule has 0 aliphatic carbocycles.